The van der Waals surface area contributed by atoms with E-state index in [0.717, 1.165) is 23.7 Å². The highest BCUT2D eigenvalue weighted by Gasteiger charge is 2.27. The molecule has 1 aromatic heterocycles. The molecule has 0 spiro atoms. The molecule has 4 heteroatoms. The Hall–Kier alpha value is -2.62. The predicted octanol–water partition coefficient (Wildman–Crippen LogP) is 3.18. The van der Waals surface area contributed by atoms with E-state index >= 15 is 0 Å². The van der Waals surface area contributed by atoms with Crippen molar-refractivity contribution in [3.63, 3.8) is 0 Å². The highest BCUT2D eigenvalue weighted by molar-refractivity contribution is 5.42. The quantitative estimate of drug-likeness (QED) is 0.722. The smallest absolute Gasteiger partial charge is 0.145 e. The topological polar surface area (TPSA) is 39.9 Å². The number of aromatic nitrogens is 3. The summed E-state index contributed by atoms with van der Waals surface area (Å²) in [7, 11) is 0. The van der Waals surface area contributed by atoms with Gasteiger partial charge in [0.1, 0.15) is 17.9 Å². The summed E-state index contributed by atoms with van der Waals surface area (Å²) in [4.78, 5) is 0. The van der Waals surface area contributed by atoms with E-state index in [0.29, 0.717) is 6.61 Å². The molecule has 0 fully saturated rings. The predicted molar refractivity (Wildman–Crippen MR) is 79.8 cm³/mol. The van der Waals surface area contributed by atoms with E-state index in [1.165, 1.54) is 5.56 Å². The molecule has 4 rings (SSSR count). The third-order valence-electron chi connectivity index (χ3n) is 3.88. The zero-order valence-electron chi connectivity index (χ0n) is 11.5. The van der Waals surface area contributed by atoms with Gasteiger partial charge in [-0.25, -0.2) is 0 Å². The van der Waals surface area contributed by atoms with Crippen LogP contribution < -0.4 is 4.74 Å². The van der Waals surface area contributed by atoms with Crippen LogP contribution in [0.25, 0.3) is 5.69 Å². The van der Waals surface area contributed by atoms with Gasteiger partial charge in [0.05, 0.1) is 12.5 Å². The molecule has 0 amide bonds. The normalized spacial score (nSPS) is 17.0. The van der Waals surface area contributed by atoms with Crippen LogP contribution in [0, 0.1) is 0 Å². The van der Waals surface area contributed by atoms with Crippen LogP contribution in [0.2, 0.25) is 0 Å². The molecule has 0 bridgehead atoms. The molecule has 0 radical (unpaired) electrons. The standard InChI is InChI=1S/C17H15N3O/c1-2-6-13(7-3-1)20-12-18-19-17(20)15-10-11-21-16-9-5-4-8-14(15)16/h1-9,12,15H,10-11H2. The fraction of sp³-hybridized carbons (Fsp3) is 0.176. The molecule has 21 heavy (non-hydrogen) atoms. The van der Waals surface area contributed by atoms with E-state index in [1.807, 2.05) is 36.4 Å². The second kappa shape index (κ2) is 5.05. The Bertz CT molecular complexity index is 751. The molecule has 2 heterocycles. The lowest BCUT2D eigenvalue weighted by atomic mass is 9.92. The first-order valence-electron chi connectivity index (χ1n) is 7.10. The van der Waals surface area contributed by atoms with Crippen LogP contribution in [0.15, 0.2) is 60.9 Å². The zero-order chi connectivity index (χ0) is 14.1. The van der Waals surface area contributed by atoms with Crippen molar-refractivity contribution in [3.8, 4) is 11.4 Å². The Balaban J connectivity index is 1.81. The minimum absolute atomic E-state index is 0.220. The molecule has 0 saturated heterocycles. The number of nitrogens with zero attached hydrogens (tertiary/aromatic N) is 3. The van der Waals surface area contributed by atoms with Crippen molar-refractivity contribution in [2.75, 3.05) is 6.61 Å². The molecule has 1 atom stereocenters. The molecule has 2 aromatic carbocycles. The van der Waals surface area contributed by atoms with Crippen molar-refractivity contribution < 1.29 is 4.74 Å². The van der Waals surface area contributed by atoms with Crippen molar-refractivity contribution >= 4 is 0 Å². The van der Waals surface area contributed by atoms with Gasteiger partial charge in [0.25, 0.3) is 0 Å². The van der Waals surface area contributed by atoms with Crippen LogP contribution in [0.4, 0.5) is 0 Å². The third-order valence-corrected chi connectivity index (χ3v) is 3.88. The summed E-state index contributed by atoms with van der Waals surface area (Å²) < 4.78 is 7.80. The fourth-order valence-corrected chi connectivity index (χ4v) is 2.88. The van der Waals surface area contributed by atoms with Crippen LogP contribution in [-0.2, 0) is 0 Å². The van der Waals surface area contributed by atoms with Gasteiger partial charge in [-0.3, -0.25) is 4.57 Å². The van der Waals surface area contributed by atoms with Gasteiger partial charge in [0.15, 0.2) is 0 Å². The largest absolute Gasteiger partial charge is 0.493 e. The number of ether oxygens (including phenoxy) is 1. The van der Waals surface area contributed by atoms with E-state index in [1.54, 1.807) is 6.33 Å². The molecule has 3 aromatic rings. The lowest BCUT2D eigenvalue weighted by molar-refractivity contribution is 0.274. The summed E-state index contributed by atoms with van der Waals surface area (Å²) in [5.74, 6) is 2.14. The highest BCUT2D eigenvalue weighted by atomic mass is 16.5. The van der Waals surface area contributed by atoms with Gasteiger partial charge in [0.2, 0.25) is 0 Å². The van der Waals surface area contributed by atoms with Gasteiger partial charge in [-0.1, -0.05) is 36.4 Å². The minimum Gasteiger partial charge on any atom is -0.493 e. The van der Waals surface area contributed by atoms with Gasteiger partial charge in [0, 0.05) is 11.3 Å². The van der Waals surface area contributed by atoms with Gasteiger partial charge in [-0.05, 0) is 24.6 Å². The molecule has 0 aliphatic carbocycles. The van der Waals surface area contributed by atoms with Crippen LogP contribution in [0.1, 0.15) is 23.7 Å². The summed E-state index contributed by atoms with van der Waals surface area (Å²) in [6.45, 7) is 0.712. The minimum atomic E-state index is 0.220. The summed E-state index contributed by atoms with van der Waals surface area (Å²) >= 11 is 0. The average Bonchev–Trinajstić information content (AvgIpc) is 3.04. The summed E-state index contributed by atoms with van der Waals surface area (Å²) in [5, 5.41) is 8.49. The van der Waals surface area contributed by atoms with Crippen LogP contribution in [-0.4, -0.2) is 21.4 Å². The Labute approximate surface area is 123 Å². The second-order valence-corrected chi connectivity index (χ2v) is 5.12. The molecule has 0 saturated carbocycles. The maximum Gasteiger partial charge on any atom is 0.145 e. The summed E-state index contributed by atoms with van der Waals surface area (Å²) in [6.07, 6.45) is 2.70. The van der Waals surface area contributed by atoms with Gasteiger partial charge < -0.3 is 4.74 Å². The Morgan fingerprint density at radius 2 is 1.81 bits per heavy atom. The molecular weight excluding hydrogens is 262 g/mol. The number of para-hydroxylation sites is 2. The van der Waals surface area contributed by atoms with Gasteiger partial charge in [-0.15, -0.1) is 10.2 Å². The number of rotatable bonds is 2. The number of hydrogen-bond donors (Lipinski definition) is 0. The first kappa shape index (κ1) is 12.1. The first-order chi connectivity index (χ1) is 10.4. The SMILES string of the molecule is c1ccc(-n2cnnc2C2CCOc3ccccc32)cc1. The molecule has 0 N–H and O–H groups in total. The van der Waals surface area contributed by atoms with Crippen molar-refractivity contribution in [2.24, 2.45) is 0 Å². The van der Waals surface area contributed by atoms with Crippen molar-refractivity contribution in [3.05, 3.63) is 72.3 Å². The van der Waals surface area contributed by atoms with Crippen LogP contribution in [0.5, 0.6) is 5.75 Å². The summed E-state index contributed by atoms with van der Waals surface area (Å²) in [6, 6.07) is 18.4. The number of hydrogen-bond acceptors (Lipinski definition) is 3. The molecule has 1 aliphatic heterocycles. The molecule has 1 unspecified atom stereocenters. The van der Waals surface area contributed by atoms with E-state index in [-0.39, 0.29) is 5.92 Å². The Morgan fingerprint density at radius 1 is 1.00 bits per heavy atom. The third kappa shape index (κ3) is 2.09. The Kier molecular flexibility index (Phi) is 2.92. The first-order valence-corrected chi connectivity index (χ1v) is 7.10. The zero-order valence-corrected chi connectivity index (χ0v) is 11.5. The van der Waals surface area contributed by atoms with E-state index in [2.05, 4.69) is 33.0 Å². The van der Waals surface area contributed by atoms with Crippen LogP contribution in [0.3, 0.4) is 0 Å². The maximum atomic E-state index is 5.74. The molecule has 1 aliphatic rings. The fourth-order valence-electron chi connectivity index (χ4n) is 2.88. The lowest BCUT2D eigenvalue weighted by Gasteiger charge is -2.25. The van der Waals surface area contributed by atoms with E-state index < -0.39 is 0 Å². The van der Waals surface area contributed by atoms with Crippen LogP contribution >= 0.6 is 0 Å². The van der Waals surface area contributed by atoms with Crippen molar-refractivity contribution in [1.82, 2.24) is 14.8 Å². The van der Waals surface area contributed by atoms with Gasteiger partial charge in [-0.2, -0.15) is 0 Å². The van der Waals surface area contributed by atoms with Crippen molar-refractivity contribution in [2.45, 2.75) is 12.3 Å². The highest BCUT2D eigenvalue weighted by Crippen LogP contribution is 2.37. The lowest BCUT2D eigenvalue weighted by Crippen LogP contribution is -2.18. The second-order valence-electron chi connectivity index (χ2n) is 5.12. The van der Waals surface area contributed by atoms with E-state index in [9.17, 15) is 0 Å². The average molecular weight is 277 g/mol. The monoisotopic (exact) mass is 277 g/mol. The van der Waals surface area contributed by atoms with Gasteiger partial charge >= 0.3 is 0 Å². The molecule has 104 valence electrons. The Morgan fingerprint density at radius 3 is 2.71 bits per heavy atom. The van der Waals surface area contributed by atoms with E-state index in [4.69, 9.17) is 4.74 Å². The maximum absolute atomic E-state index is 5.74. The molecular formula is C17H15N3O. The number of fused-ring (bicyclic) bond motifs is 1. The van der Waals surface area contributed by atoms with Crippen molar-refractivity contribution in [1.29, 1.82) is 0 Å². The summed E-state index contributed by atoms with van der Waals surface area (Å²) in [5.41, 5.74) is 2.27. The number of benzene rings is 2. The molecule has 4 nitrogen and oxygen atoms in total.